The molecule has 1 aliphatic heterocycles. The highest BCUT2D eigenvalue weighted by Crippen LogP contribution is 2.35. The topological polar surface area (TPSA) is 54.5 Å². The number of nitrogens with one attached hydrogen (secondary N) is 1. The molecule has 2 aromatic rings. The SMILES string of the molecule is CNc1ncccc1[C@@H]1CCCN1C(=O)OCc1ccccc1. The first-order valence-corrected chi connectivity index (χ1v) is 7.89. The molecule has 1 atom stereocenters. The van der Waals surface area contributed by atoms with Gasteiger partial charge in [0.2, 0.25) is 0 Å². The van der Waals surface area contributed by atoms with Crippen molar-refractivity contribution >= 4 is 11.9 Å². The predicted octanol–water partition coefficient (Wildman–Crippen LogP) is 3.60. The van der Waals surface area contributed by atoms with E-state index in [1.165, 1.54) is 0 Å². The molecule has 1 fully saturated rings. The average Bonchev–Trinajstić information content (AvgIpc) is 3.10. The third-order valence-corrected chi connectivity index (χ3v) is 4.13. The summed E-state index contributed by atoms with van der Waals surface area (Å²) in [6.45, 7) is 1.02. The van der Waals surface area contributed by atoms with Crippen LogP contribution in [0.15, 0.2) is 48.7 Å². The number of nitrogens with zero attached hydrogens (tertiary/aromatic N) is 2. The van der Waals surface area contributed by atoms with E-state index in [1.807, 2.05) is 49.5 Å². The maximum atomic E-state index is 12.5. The summed E-state index contributed by atoms with van der Waals surface area (Å²) in [4.78, 5) is 18.6. The molecule has 1 aliphatic rings. The van der Waals surface area contributed by atoms with Crippen molar-refractivity contribution in [3.63, 3.8) is 0 Å². The molecule has 1 aromatic heterocycles. The smallest absolute Gasteiger partial charge is 0.410 e. The molecule has 5 heteroatoms. The van der Waals surface area contributed by atoms with Gasteiger partial charge in [-0.1, -0.05) is 36.4 Å². The number of benzene rings is 1. The second-order valence-corrected chi connectivity index (χ2v) is 5.58. The van der Waals surface area contributed by atoms with Gasteiger partial charge in [-0.15, -0.1) is 0 Å². The Kier molecular flexibility index (Phi) is 4.76. The Morgan fingerprint density at radius 1 is 1.30 bits per heavy atom. The second-order valence-electron chi connectivity index (χ2n) is 5.58. The quantitative estimate of drug-likeness (QED) is 0.937. The molecular weight excluding hydrogens is 290 g/mol. The Morgan fingerprint density at radius 2 is 2.13 bits per heavy atom. The van der Waals surface area contributed by atoms with Gasteiger partial charge in [-0.05, 0) is 24.5 Å². The van der Waals surface area contributed by atoms with Crippen LogP contribution >= 0.6 is 0 Å². The first-order chi connectivity index (χ1) is 11.3. The summed E-state index contributed by atoms with van der Waals surface area (Å²) in [5.41, 5.74) is 2.04. The van der Waals surface area contributed by atoms with E-state index in [2.05, 4.69) is 10.3 Å². The number of likely N-dealkylation sites (tertiary alicyclic amines) is 1. The van der Waals surface area contributed by atoms with E-state index >= 15 is 0 Å². The molecule has 23 heavy (non-hydrogen) atoms. The van der Waals surface area contributed by atoms with Gasteiger partial charge in [0.15, 0.2) is 0 Å². The summed E-state index contributed by atoms with van der Waals surface area (Å²) in [6, 6.07) is 13.7. The van der Waals surface area contributed by atoms with Crippen molar-refractivity contribution in [2.45, 2.75) is 25.5 Å². The van der Waals surface area contributed by atoms with Crippen LogP contribution in [0, 0.1) is 0 Å². The molecule has 1 amide bonds. The molecule has 2 heterocycles. The molecule has 1 saturated heterocycles. The van der Waals surface area contributed by atoms with Gasteiger partial charge in [0.1, 0.15) is 12.4 Å². The molecule has 5 nitrogen and oxygen atoms in total. The second kappa shape index (κ2) is 7.13. The lowest BCUT2D eigenvalue weighted by atomic mass is 10.1. The minimum absolute atomic E-state index is 0.0226. The average molecular weight is 311 g/mol. The van der Waals surface area contributed by atoms with Crippen molar-refractivity contribution < 1.29 is 9.53 Å². The summed E-state index contributed by atoms with van der Waals surface area (Å²) in [6.07, 6.45) is 3.40. The summed E-state index contributed by atoms with van der Waals surface area (Å²) >= 11 is 0. The number of rotatable bonds is 4. The third kappa shape index (κ3) is 3.44. The number of pyridine rings is 1. The molecular formula is C18H21N3O2. The molecule has 0 unspecified atom stereocenters. The van der Waals surface area contributed by atoms with Gasteiger partial charge in [0.05, 0.1) is 6.04 Å². The number of hydrogen-bond acceptors (Lipinski definition) is 4. The minimum atomic E-state index is -0.262. The van der Waals surface area contributed by atoms with Crippen molar-refractivity contribution in [3.05, 3.63) is 59.8 Å². The zero-order valence-electron chi connectivity index (χ0n) is 13.2. The molecule has 0 bridgehead atoms. The normalized spacial score (nSPS) is 17.1. The van der Waals surface area contributed by atoms with Crippen LogP contribution in [0.25, 0.3) is 0 Å². The van der Waals surface area contributed by atoms with Crippen LogP contribution in [0.5, 0.6) is 0 Å². The zero-order chi connectivity index (χ0) is 16.1. The van der Waals surface area contributed by atoms with Crippen LogP contribution in [0.3, 0.4) is 0 Å². The van der Waals surface area contributed by atoms with Crippen LogP contribution in [0.1, 0.15) is 30.0 Å². The van der Waals surface area contributed by atoms with E-state index in [0.717, 1.165) is 36.3 Å². The molecule has 1 N–H and O–H groups in total. The highest BCUT2D eigenvalue weighted by Gasteiger charge is 2.32. The zero-order valence-corrected chi connectivity index (χ0v) is 13.2. The standard InChI is InChI=1S/C18H21N3O2/c1-19-17-15(9-5-11-20-17)16-10-6-12-21(16)18(22)23-13-14-7-3-2-4-8-14/h2-5,7-9,11,16H,6,10,12-13H2,1H3,(H,19,20)/t16-/m0/s1. The fourth-order valence-electron chi connectivity index (χ4n) is 3.01. The number of carbonyl (C=O) groups is 1. The van der Waals surface area contributed by atoms with Crippen LogP contribution < -0.4 is 5.32 Å². The van der Waals surface area contributed by atoms with Crippen molar-refractivity contribution in [2.24, 2.45) is 0 Å². The van der Waals surface area contributed by atoms with E-state index in [9.17, 15) is 4.79 Å². The monoisotopic (exact) mass is 311 g/mol. The number of amides is 1. The maximum absolute atomic E-state index is 12.5. The molecule has 0 spiro atoms. The molecule has 0 radical (unpaired) electrons. The van der Waals surface area contributed by atoms with E-state index in [0.29, 0.717) is 6.61 Å². The maximum Gasteiger partial charge on any atom is 0.410 e. The Balaban J connectivity index is 1.70. The summed E-state index contributed by atoms with van der Waals surface area (Å²) in [5, 5.41) is 3.10. The highest BCUT2D eigenvalue weighted by atomic mass is 16.6. The van der Waals surface area contributed by atoms with Crippen molar-refractivity contribution in [2.75, 3.05) is 18.9 Å². The third-order valence-electron chi connectivity index (χ3n) is 4.13. The van der Waals surface area contributed by atoms with E-state index in [-0.39, 0.29) is 12.1 Å². The van der Waals surface area contributed by atoms with E-state index < -0.39 is 0 Å². The lowest BCUT2D eigenvalue weighted by Gasteiger charge is -2.25. The number of hydrogen-bond donors (Lipinski definition) is 1. The molecule has 1 aromatic carbocycles. The summed E-state index contributed by atoms with van der Waals surface area (Å²) < 4.78 is 5.48. The van der Waals surface area contributed by atoms with E-state index in [4.69, 9.17) is 4.74 Å². The Hall–Kier alpha value is -2.56. The van der Waals surface area contributed by atoms with Crippen molar-refractivity contribution in [1.29, 1.82) is 0 Å². The summed E-state index contributed by atoms with van der Waals surface area (Å²) in [5.74, 6) is 0.820. The first kappa shape index (κ1) is 15.3. The van der Waals surface area contributed by atoms with Crippen molar-refractivity contribution in [3.8, 4) is 0 Å². The van der Waals surface area contributed by atoms with E-state index in [1.54, 1.807) is 11.1 Å². The Bertz CT molecular complexity index is 660. The van der Waals surface area contributed by atoms with Crippen LogP contribution in [-0.2, 0) is 11.3 Å². The number of aromatic nitrogens is 1. The molecule has 3 rings (SSSR count). The van der Waals surface area contributed by atoms with Gasteiger partial charge in [-0.2, -0.15) is 0 Å². The Morgan fingerprint density at radius 3 is 2.91 bits per heavy atom. The highest BCUT2D eigenvalue weighted by molar-refractivity contribution is 5.69. The minimum Gasteiger partial charge on any atom is -0.445 e. The van der Waals surface area contributed by atoms with Crippen LogP contribution in [-0.4, -0.2) is 29.6 Å². The van der Waals surface area contributed by atoms with Gasteiger partial charge in [0.25, 0.3) is 0 Å². The number of anilines is 1. The van der Waals surface area contributed by atoms with Gasteiger partial charge < -0.3 is 15.0 Å². The van der Waals surface area contributed by atoms with Gasteiger partial charge in [0, 0.05) is 25.4 Å². The summed E-state index contributed by atoms with van der Waals surface area (Å²) in [7, 11) is 1.85. The number of carbonyl (C=O) groups excluding carboxylic acids is 1. The fourth-order valence-corrected chi connectivity index (χ4v) is 3.01. The lowest BCUT2D eigenvalue weighted by Crippen LogP contribution is -2.31. The molecule has 0 saturated carbocycles. The lowest BCUT2D eigenvalue weighted by molar-refractivity contribution is 0.0921. The predicted molar refractivity (Wildman–Crippen MR) is 89.1 cm³/mol. The molecule has 120 valence electrons. The Labute approximate surface area is 136 Å². The molecule has 0 aliphatic carbocycles. The first-order valence-electron chi connectivity index (χ1n) is 7.89. The largest absolute Gasteiger partial charge is 0.445 e. The van der Waals surface area contributed by atoms with Crippen LogP contribution in [0.4, 0.5) is 10.6 Å². The van der Waals surface area contributed by atoms with Gasteiger partial charge in [-0.3, -0.25) is 0 Å². The van der Waals surface area contributed by atoms with Gasteiger partial charge >= 0.3 is 6.09 Å². The fraction of sp³-hybridized carbons (Fsp3) is 0.333. The van der Waals surface area contributed by atoms with Gasteiger partial charge in [-0.25, -0.2) is 9.78 Å². The number of ether oxygens (including phenoxy) is 1. The van der Waals surface area contributed by atoms with Crippen LogP contribution in [0.2, 0.25) is 0 Å². The van der Waals surface area contributed by atoms with Crippen molar-refractivity contribution in [1.82, 2.24) is 9.88 Å².